The first-order valence-electron chi connectivity index (χ1n) is 4.04. The first-order valence-corrected chi connectivity index (χ1v) is 4.04. The van der Waals surface area contributed by atoms with E-state index >= 15 is 0 Å². The number of carbonyl (C=O) groups is 1. The standard InChI is InChI=1S/C9H9F2NO3/c1-4-5(9(14)15-2)3-12-6(7(4)13)8(10)11/h3,8,13H,1-2H3. The van der Waals surface area contributed by atoms with Crippen molar-refractivity contribution in [3.05, 3.63) is 23.0 Å². The monoisotopic (exact) mass is 217 g/mol. The number of hydrogen-bond donors (Lipinski definition) is 1. The number of hydrogen-bond acceptors (Lipinski definition) is 4. The maximum atomic E-state index is 12.3. The van der Waals surface area contributed by atoms with Crippen molar-refractivity contribution in [2.75, 3.05) is 7.11 Å². The predicted octanol–water partition coefficient (Wildman–Crippen LogP) is 1.82. The number of ether oxygens (including phenoxy) is 1. The molecule has 1 heterocycles. The van der Waals surface area contributed by atoms with E-state index in [9.17, 15) is 18.7 Å². The lowest BCUT2D eigenvalue weighted by Gasteiger charge is -2.08. The molecule has 0 fully saturated rings. The summed E-state index contributed by atoms with van der Waals surface area (Å²) in [6.45, 7) is 1.34. The van der Waals surface area contributed by atoms with Gasteiger partial charge in [0.15, 0.2) is 0 Å². The number of alkyl halides is 2. The second kappa shape index (κ2) is 4.20. The van der Waals surface area contributed by atoms with Crippen LogP contribution in [-0.2, 0) is 4.74 Å². The summed E-state index contributed by atoms with van der Waals surface area (Å²) in [4.78, 5) is 14.4. The quantitative estimate of drug-likeness (QED) is 0.767. The van der Waals surface area contributed by atoms with Gasteiger partial charge in [-0.15, -0.1) is 0 Å². The SMILES string of the molecule is COC(=O)c1cnc(C(F)F)c(O)c1C. The van der Waals surface area contributed by atoms with Gasteiger partial charge in [0.05, 0.1) is 12.7 Å². The van der Waals surface area contributed by atoms with E-state index in [0.717, 1.165) is 13.3 Å². The number of pyridine rings is 1. The minimum atomic E-state index is -2.88. The van der Waals surface area contributed by atoms with Crippen LogP contribution in [0.25, 0.3) is 0 Å². The Morgan fingerprint density at radius 2 is 2.20 bits per heavy atom. The molecule has 0 aliphatic rings. The highest BCUT2D eigenvalue weighted by atomic mass is 19.3. The molecule has 0 aliphatic heterocycles. The molecule has 1 rings (SSSR count). The van der Waals surface area contributed by atoms with Gasteiger partial charge in [-0.05, 0) is 6.92 Å². The van der Waals surface area contributed by atoms with Crippen LogP contribution >= 0.6 is 0 Å². The van der Waals surface area contributed by atoms with Crippen molar-refractivity contribution in [2.45, 2.75) is 13.3 Å². The van der Waals surface area contributed by atoms with Gasteiger partial charge in [-0.1, -0.05) is 0 Å². The smallest absolute Gasteiger partial charge is 0.339 e. The molecule has 0 bridgehead atoms. The van der Waals surface area contributed by atoms with Crippen molar-refractivity contribution in [1.29, 1.82) is 0 Å². The Morgan fingerprint density at radius 1 is 1.60 bits per heavy atom. The fourth-order valence-corrected chi connectivity index (χ4v) is 1.09. The zero-order chi connectivity index (χ0) is 11.6. The van der Waals surface area contributed by atoms with Crippen molar-refractivity contribution in [1.82, 2.24) is 4.98 Å². The third-order valence-corrected chi connectivity index (χ3v) is 1.95. The molecule has 0 unspecified atom stereocenters. The third kappa shape index (κ3) is 2.03. The summed E-state index contributed by atoms with van der Waals surface area (Å²) in [6, 6.07) is 0. The molecule has 82 valence electrons. The molecule has 1 aromatic rings. The molecule has 0 aromatic carbocycles. The van der Waals surface area contributed by atoms with Crippen molar-refractivity contribution in [2.24, 2.45) is 0 Å². The van der Waals surface area contributed by atoms with E-state index in [1.807, 2.05) is 0 Å². The largest absolute Gasteiger partial charge is 0.506 e. The van der Waals surface area contributed by atoms with E-state index in [-0.39, 0.29) is 11.1 Å². The second-order valence-corrected chi connectivity index (χ2v) is 2.82. The molecule has 0 aliphatic carbocycles. The molecule has 1 N–H and O–H groups in total. The molecule has 4 nitrogen and oxygen atoms in total. The van der Waals surface area contributed by atoms with E-state index in [4.69, 9.17) is 0 Å². The minimum Gasteiger partial charge on any atom is -0.506 e. The molecule has 1 aromatic heterocycles. The topological polar surface area (TPSA) is 59.4 Å². The number of esters is 1. The lowest BCUT2D eigenvalue weighted by Crippen LogP contribution is -2.06. The van der Waals surface area contributed by atoms with Crippen LogP contribution in [0.1, 0.15) is 28.0 Å². The fraction of sp³-hybridized carbons (Fsp3) is 0.333. The number of nitrogens with zero attached hydrogens (tertiary/aromatic N) is 1. The van der Waals surface area contributed by atoms with Crippen LogP contribution in [0.4, 0.5) is 8.78 Å². The highest BCUT2D eigenvalue weighted by Crippen LogP contribution is 2.30. The zero-order valence-corrected chi connectivity index (χ0v) is 8.12. The zero-order valence-electron chi connectivity index (χ0n) is 8.12. The normalized spacial score (nSPS) is 10.5. The van der Waals surface area contributed by atoms with Gasteiger partial charge in [-0.2, -0.15) is 0 Å². The molecule has 0 atom stereocenters. The molecule has 0 spiro atoms. The summed E-state index contributed by atoms with van der Waals surface area (Å²) in [5.41, 5.74) is -0.730. The number of rotatable bonds is 2. The Bertz CT molecular complexity index is 393. The Kier molecular flexibility index (Phi) is 3.18. The van der Waals surface area contributed by atoms with E-state index in [1.165, 1.54) is 6.92 Å². The Morgan fingerprint density at radius 3 is 2.67 bits per heavy atom. The van der Waals surface area contributed by atoms with Gasteiger partial charge in [0, 0.05) is 11.8 Å². The average molecular weight is 217 g/mol. The lowest BCUT2D eigenvalue weighted by atomic mass is 10.1. The van der Waals surface area contributed by atoms with Gasteiger partial charge in [0.25, 0.3) is 6.43 Å². The minimum absolute atomic E-state index is 0.0283. The molecule has 0 amide bonds. The van der Waals surface area contributed by atoms with Crippen LogP contribution in [0.3, 0.4) is 0 Å². The number of aromatic hydroxyl groups is 1. The molecular formula is C9H9F2NO3. The number of halogens is 2. The van der Waals surface area contributed by atoms with Crippen molar-refractivity contribution >= 4 is 5.97 Å². The van der Waals surface area contributed by atoms with Crippen molar-refractivity contribution in [3.8, 4) is 5.75 Å². The van der Waals surface area contributed by atoms with E-state index < -0.39 is 23.8 Å². The summed E-state index contributed by atoms with van der Waals surface area (Å²) in [5, 5.41) is 9.34. The van der Waals surface area contributed by atoms with Gasteiger partial charge >= 0.3 is 5.97 Å². The average Bonchev–Trinajstić information content (AvgIpc) is 2.20. The van der Waals surface area contributed by atoms with Gasteiger partial charge in [-0.25, -0.2) is 13.6 Å². The van der Waals surface area contributed by atoms with E-state index in [0.29, 0.717) is 0 Å². The molecule has 6 heteroatoms. The molecular weight excluding hydrogens is 208 g/mol. The van der Waals surface area contributed by atoms with Gasteiger partial charge in [0.1, 0.15) is 11.4 Å². The molecule has 0 saturated carbocycles. The molecule has 15 heavy (non-hydrogen) atoms. The summed E-state index contributed by atoms with van der Waals surface area (Å²) in [5.74, 6) is -1.40. The van der Waals surface area contributed by atoms with E-state index in [2.05, 4.69) is 9.72 Å². The summed E-state index contributed by atoms with van der Waals surface area (Å²) < 4.78 is 29.0. The van der Waals surface area contributed by atoms with Crippen LogP contribution in [-0.4, -0.2) is 23.2 Å². The Balaban J connectivity index is 3.27. The Labute approximate surface area is 84.5 Å². The fourth-order valence-electron chi connectivity index (χ4n) is 1.09. The first kappa shape index (κ1) is 11.4. The molecule has 0 saturated heterocycles. The number of aromatic nitrogens is 1. The Hall–Kier alpha value is -1.72. The van der Waals surface area contributed by atoms with Gasteiger partial charge < -0.3 is 9.84 Å². The van der Waals surface area contributed by atoms with Gasteiger partial charge in [0.2, 0.25) is 0 Å². The predicted molar refractivity (Wildman–Crippen MR) is 46.9 cm³/mol. The van der Waals surface area contributed by atoms with Crippen LogP contribution in [0.2, 0.25) is 0 Å². The summed E-state index contributed by atoms with van der Waals surface area (Å²) in [6.07, 6.45) is -1.92. The number of methoxy groups -OCH3 is 1. The number of carbonyl (C=O) groups excluding carboxylic acids is 1. The highest BCUT2D eigenvalue weighted by molar-refractivity contribution is 5.91. The maximum absolute atomic E-state index is 12.3. The van der Waals surface area contributed by atoms with Crippen LogP contribution in [0.5, 0.6) is 5.75 Å². The third-order valence-electron chi connectivity index (χ3n) is 1.95. The lowest BCUT2D eigenvalue weighted by molar-refractivity contribution is 0.0598. The van der Waals surface area contributed by atoms with Gasteiger partial charge in [-0.3, -0.25) is 4.98 Å². The van der Waals surface area contributed by atoms with Crippen LogP contribution in [0.15, 0.2) is 6.20 Å². The second-order valence-electron chi connectivity index (χ2n) is 2.82. The first-order chi connectivity index (χ1) is 6.99. The van der Waals surface area contributed by atoms with E-state index in [1.54, 1.807) is 0 Å². The molecule has 0 radical (unpaired) electrons. The summed E-state index contributed by atoms with van der Waals surface area (Å²) >= 11 is 0. The van der Waals surface area contributed by atoms with Crippen molar-refractivity contribution < 1.29 is 23.4 Å². The summed E-state index contributed by atoms with van der Waals surface area (Å²) in [7, 11) is 1.15. The maximum Gasteiger partial charge on any atom is 0.339 e. The van der Waals surface area contributed by atoms with Crippen LogP contribution < -0.4 is 0 Å². The highest BCUT2D eigenvalue weighted by Gasteiger charge is 2.21. The van der Waals surface area contributed by atoms with Crippen molar-refractivity contribution in [3.63, 3.8) is 0 Å². The van der Waals surface area contributed by atoms with Crippen LogP contribution in [0, 0.1) is 6.92 Å².